The van der Waals surface area contributed by atoms with Gasteiger partial charge in [-0.15, -0.1) is 0 Å². The van der Waals surface area contributed by atoms with Crippen LogP contribution in [-0.4, -0.2) is 41.5 Å². The van der Waals surface area contributed by atoms with Crippen LogP contribution in [0.15, 0.2) is 60.0 Å². The molecule has 1 aromatic carbocycles. The van der Waals surface area contributed by atoms with E-state index < -0.39 is 0 Å². The van der Waals surface area contributed by atoms with Crippen molar-refractivity contribution < 1.29 is 10.1 Å². The van der Waals surface area contributed by atoms with Crippen molar-refractivity contribution >= 4 is 18.0 Å². The van der Waals surface area contributed by atoms with Gasteiger partial charge in [-0.05, 0) is 12.5 Å². The van der Waals surface area contributed by atoms with Crippen LogP contribution in [0.5, 0.6) is 0 Å². The minimum absolute atomic E-state index is 0.0264. The van der Waals surface area contributed by atoms with E-state index in [-0.39, 0.29) is 6.61 Å². The Hall–Kier alpha value is -3.32. The van der Waals surface area contributed by atoms with Crippen molar-refractivity contribution in [3.05, 3.63) is 66.0 Å². The van der Waals surface area contributed by atoms with Crippen molar-refractivity contribution in [2.24, 2.45) is 5.10 Å². The fourth-order valence-corrected chi connectivity index (χ4v) is 2.54. The first-order chi connectivity index (χ1) is 13.2. The number of nitrogens with one attached hydrogen (secondary N) is 2. The molecule has 0 unspecified atom stereocenters. The molecular formula is C20H23N6O+. The number of hydrogen-bond donors (Lipinski definition) is 2. The Balaban J connectivity index is 1.87. The number of rotatable bonds is 7. The Morgan fingerprint density at radius 2 is 2.00 bits per heavy atom. The smallest absolute Gasteiger partial charge is 0.227 e. The van der Waals surface area contributed by atoms with Crippen molar-refractivity contribution in [3.8, 4) is 11.3 Å². The number of hydrogen-bond acceptors (Lipinski definition) is 6. The lowest BCUT2D eigenvalue weighted by atomic mass is 10.2. The number of pyridine rings is 1. The third-order valence-electron chi connectivity index (χ3n) is 3.94. The summed E-state index contributed by atoms with van der Waals surface area (Å²) in [5, 5.41) is 13.5. The van der Waals surface area contributed by atoms with E-state index in [0.29, 0.717) is 18.3 Å². The number of benzene rings is 1. The molecule has 0 aliphatic heterocycles. The Morgan fingerprint density at radius 3 is 2.74 bits per heavy atom. The summed E-state index contributed by atoms with van der Waals surface area (Å²) >= 11 is 0. The maximum atomic E-state index is 9.20. The molecule has 0 saturated carbocycles. The molecule has 0 bridgehead atoms. The molecule has 0 fully saturated rings. The number of aromatic nitrogens is 3. The third kappa shape index (κ3) is 5.08. The predicted molar refractivity (Wildman–Crippen MR) is 107 cm³/mol. The maximum Gasteiger partial charge on any atom is 0.227 e. The summed E-state index contributed by atoms with van der Waals surface area (Å²) in [4.78, 5) is 13.9. The van der Waals surface area contributed by atoms with Gasteiger partial charge in [0, 0.05) is 37.4 Å². The third-order valence-corrected chi connectivity index (χ3v) is 3.94. The van der Waals surface area contributed by atoms with Crippen LogP contribution in [0.1, 0.15) is 11.1 Å². The minimum Gasteiger partial charge on any atom is -0.395 e. The quantitative estimate of drug-likeness (QED) is 0.496. The van der Waals surface area contributed by atoms with Gasteiger partial charge in [0.1, 0.15) is 0 Å². The highest BCUT2D eigenvalue weighted by Crippen LogP contribution is 2.21. The van der Waals surface area contributed by atoms with E-state index in [0.717, 1.165) is 16.8 Å². The average Bonchev–Trinajstić information content (AvgIpc) is 2.69. The zero-order valence-corrected chi connectivity index (χ0v) is 15.4. The molecule has 2 aromatic heterocycles. The molecule has 3 rings (SSSR count). The first-order valence-electron chi connectivity index (χ1n) is 8.69. The number of anilines is 2. The number of likely N-dealkylation sites (N-methyl/N-ethyl adjacent to an activating group) is 1. The summed E-state index contributed by atoms with van der Waals surface area (Å²) in [6.07, 6.45) is 5.44. The van der Waals surface area contributed by atoms with Gasteiger partial charge in [-0.1, -0.05) is 29.8 Å². The van der Waals surface area contributed by atoms with Gasteiger partial charge in [0.25, 0.3) is 0 Å². The molecule has 0 aliphatic carbocycles. The molecule has 3 N–H and O–H groups in total. The molecule has 0 spiro atoms. The average molecular weight is 363 g/mol. The minimum atomic E-state index is 0.0264. The molecule has 0 amide bonds. The highest BCUT2D eigenvalue weighted by atomic mass is 16.3. The van der Waals surface area contributed by atoms with Gasteiger partial charge in [0.15, 0.2) is 18.2 Å². The number of aliphatic hydroxyl groups excluding tert-OH is 1. The van der Waals surface area contributed by atoms with Crippen molar-refractivity contribution in [3.63, 3.8) is 0 Å². The number of aliphatic hydroxyl groups is 1. The van der Waals surface area contributed by atoms with Crippen LogP contribution in [0.4, 0.5) is 11.8 Å². The van der Waals surface area contributed by atoms with E-state index in [1.54, 1.807) is 11.1 Å². The Labute approximate surface area is 158 Å². The molecule has 7 nitrogen and oxygen atoms in total. The second kappa shape index (κ2) is 8.86. The van der Waals surface area contributed by atoms with Gasteiger partial charge in [0.2, 0.25) is 5.95 Å². The second-order valence-corrected chi connectivity index (χ2v) is 6.16. The van der Waals surface area contributed by atoms with Crippen molar-refractivity contribution in [2.75, 3.05) is 30.5 Å². The molecule has 27 heavy (non-hydrogen) atoms. The fraction of sp³-hybridized carbons (Fsp3) is 0.200. The van der Waals surface area contributed by atoms with E-state index in [9.17, 15) is 5.11 Å². The lowest BCUT2D eigenvalue weighted by Gasteiger charge is -2.17. The zero-order chi connectivity index (χ0) is 19.1. The van der Waals surface area contributed by atoms with E-state index in [1.165, 1.54) is 5.56 Å². The SMILES string of the molecule is Cc1cccc(/C=N/Nc2cc(-c3cc[nH+]cc3)nc(N(C)CCO)n2)c1. The van der Waals surface area contributed by atoms with Crippen LogP contribution in [0.25, 0.3) is 11.3 Å². The van der Waals surface area contributed by atoms with Crippen molar-refractivity contribution in [2.45, 2.75) is 6.92 Å². The Bertz CT molecular complexity index is 913. The lowest BCUT2D eigenvalue weighted by Crippen LogP contribution is -2.23. The molecule has 3 aromatic rings. The number of hydrazone groups is 1. The highest BCUT2D eigenvalue weighted by molar-refractivity contribution is 5.80. The number of aromatic amines is 1. The zero-order valence-electron chi connectivity index (χ0n) is 15.4. The van der Waals surface area contributed by atoms with E-state index in [2.05, 4.69) is 31.5 Å². The molecule has 0 atom stereocenters. The van der Waals surface area contributed by atoms with Gasteiger partial charge in [-0.25, -0.2) is 9.97 Å². The van der Waals surface area contributed by atoms with E-state index in [1.807, 2.05) is 62.8 Å². The fourth-order valence-electron chi connectivity index (χ4n) is 2.54. The molecule has 0 saturated heterocycles. The first-order valence-corrected chi connectivity index (χ1v) is 8.69. The number of aryl methyl sites for hydroxylation is 1. The number of H-pyrrole nitrogens is 1. The van der Waals surface area contributed by atoms with Crippen molar-refractivity contribution in [1.29, 1.82) is 0 Å². The molecule has 2 heterocycles. The van der Waals surface area contributed by atoms with Gasteiger partial charge in [0.05, 0.1) is 18.5 Å². The van der Waals surface area contributed by atoms with Crippen LogP contribution in [0.3, 0.4) is 0 Å². The summed E-state index contributed by atoms with van der Waals surface area (Å²) < 4.78 is 0. The second-order valence-electron chi connectivity index (χ2n) is 6.16. The summed E-state index contributed by atoms with van der Waals surface area (Å²) in [5.74, 6) is 1.10. The van der Waals surface area contributed by atoms with Crippen LogP contribution in [0, 0.1) is 6.92 Å². The van der Waals surface area contributed by atoms with Crippen LogP contribution in [-0.2, 0) is 0 Å². The predicted octanol–water partition coefficient (Wildman–Crippen LogP) is 2.14. The summed E-state index contributed by atoms with van der Waals surface area (Å²) in [6, 6.07) is 13.8. The Kier molecular flexibility index (Phi) is 6.06. The Morgan fingerprint density at radius 1 is 1.19 bits per heavy atom. The largest absolute Gasteiger partial charge is 0.395 e. The summed E-state index contributed by atoms with van der Waals surface area (Å²) in [7, 11) is 1.84. The van der Waals surface area contributed by atoms with Crippen molar-refractivity contribution in [1.82, 2.24) is 9.97 Å². The molecular weight excluding hydrogens is 340 g/mol. The molecule has 0 radical (unpaired) electrons. The van der Waals surface area contributed by atoms with E-state index in [4.69, 9.17) is 0 Å². The number of nitrogens with zero attached hydrogens (tertiary/aromatic N) is 4. The van der Waals surface area contributed by atoms with E-state index >= 15 is 0 Å². The maximum absolute atomic E-state index is 9.20. The first kappa shape index (κ1) is 18.5. The summed E-state index contributed by atoms with van der Waals surface area (Å²) in [5.41, 5.74) is 6.90. The van der Waals surface area contributed by atoms with Crippen LogP contribution in [0.2, 0.25) is 0 Å². The topological polar surface area (TPSA) is 87.8 Å². The molecule has 7 heteroatoms. The lowest BCUT2D eigenvalue weighted by molar-refractivity contribution is -0.377. The monoisotopic (exact) mass is 363 g/mol. The van der Waals surface area contributed by atoms with Crippen LogP contribution < -0.4 is 15.3 Å². The summed E-state index contributed by atoms with van der Waals surface area (Å²) in [6.45, 7) is 2.51. The van der Waals surface area contributed by atoms with Gasteiger partial charge >= 0.3 is 0 Å². The van der Waals surface area contributed by atoms with Gasteiger partial charge in [-0.3, -0.25) is 5.43 Å². The van der Waals surface area contributed by atoms with Gasteiger partial charge < -0.3 is 10.0 Å². The standard InChI is InChI=1S/C20H22N6O/c1-15-4-3-5-16(12-15)14-22-25-19-13-18(17-6-8-21-9-7-17)23-20(24-19)26(2)10-11-27/h3-9,12-14,27H,10-11H2,1-2H3,(H,23,24,25)/p+1/b22-14+. The molecule has 138 valence electrons. The highest BCUT2D eigenvalue weighted by Gasteiger charge is 2.10. The van der Waals surface area contributed by atoms with Crippen LogP contribution >= 0.6 is 0 Å². The van der Waals surface area contributed by atoms with Gasteiger partial charge in [-0.2, -0.15) is 10.1 Å². The normalized spacial score (nSPS) is 10.9. The molecule has 0 aliphatic rings.